The Hall–Kier alpha value is -2.05. The average molecular weight is 348 g/mol. The summed E-state index contributed by atoms with van der Waals surface area (Å²) >= 11 is 1.71. The van der Waals surface area contributed by atoms with Gasteiger partial charge in [-0.05, 0) is 41.6 Å². The van der Waals surface area contributed by atoms with Crippen LogP contribution in [-0.4, -0.2) is 35.9 Å². The van der Waals surface area contributed by atoms with E-state index >= 15 is 0 Å². The van der Waals surface area contributed by atoms with Gasteiger partial charge in [-0.15, -0.1) is 0 Å². The summed E-state index contributed by atoms with van der Waals surface area (Å²) in [6.07, 6.45) is 1.15. The summed E-state index contributed by atoms with van der Waals surface area (Å²) in [5.41, 5.74) is 2.42. The Morgan fingerprint density at radius 3 is 2.67 bits per heavy atom. The molecule has 2 aromatic rings. The zero-order valence-electron chi connectivity index (χ0n) is 13.7. The topological polar surface area (TPSA) is 52.6 Å². The Morgan fingerprint density at radius 1 is 1.29 bits per heavy atom. The van der Waals surface area contributed by atoms with Gasteiger partial charge in [-0.3, -0.25) is 0 Å². The minimum atomic E-state index is -0.871. The maximum atomic E-state index is 12.9. The van der Waals surface area contributed by atoms with Gasteiger partial charge in [0.2, 0.25) is 0 Å². The summed E-state index contributed by atoms with van der Waals surface area (Å²) < 4.78 is 12.9. The summed E-state index contributed by atoms with van der Waals surface area (Å²) in [6.45, 7) is 0.113. The van der Waals surface area contributed by atoms with E-state index in [4.69, 9.17) is 0 Å². The molecule has 0 heterocycles. The van der Waals surface area contributed by atoms with Crippen LogP contribution in [0, 0.1) is 5.82 Å². The van der Waals surface area contributed by atoms with E-state index in [0.29, 0.717) is 5.56 Å². The minimum Gasteiger partial charge on any atom is -0.387 e. The number of carbonyl (C=O) groups is 1. The molecule has 0 saturated carbocycles. The van der Waals surface area contributed by atoms with Gasteiger partial charge in [-0.1, -0.05) is 24.3 Å². The molecule has 0 spiro atoms. The molecule has 0 aliphatic heterocycles. The van der Waals surface area contributed by atoms with Gasteiger partial charge >= 0.3 is 6.03 Å². The van der Waals surface area contributed by atoms with Crippen LogP contribution in [0.1, 0.15) is 17.2 Å². The number of benzene rings is 2. The molecule has 0 aromatic heterocycles. The number of thioether (sulfide) groups is 1. The number of nitrogens with zero attached hydrogens (tertiary/aromatic N) is 1. The lowest BCUT2D eigenvalue weighted by Gasteiger charge is -2.21. The van der Waals surface area contributed by atoms with Crippen LogP contribution in [0.4, 0.5) is 14.9 Å². The monoisotopic (exact) mass is 348 g/mol. The van der Waals surface area contributed by atoms with Gasteiger partial charge < -0.3 is 15.3 Å². The van der Waals surface area contributed by atoms with E-state index in [-0.39, 0.29) is 18.4 Å². The van der Waals surface area contributed by atoms with E-state index in [1.807, 2.05) is 30.5 Å². The van der Waals surface area contributed by atoms with Gasteiger partial charge in [0.1, 0.15) is 5.82 Å². The first-order chi connectivity index (χ1) is 11.5. The van der Waals surface area contributed by atoms with Gasteiger partial charge in [0, 0.05) is 18.5 Å². The third-order valence-corrected chi connectivity index (χ3v) is 4.16. The number of nitrogens with one attached hydrogen (secondary N) is 1. The van der Waals surface area contributed by atoms with Crippen LogP contribution < -0.4 is 5.32 Å². The molecule has 1 atom stereocenters. The SMILES string of the molecule is CSCc1cccc(NC(=O)N(C)C[C@H](O)c2ccc(F)cc2)c1. The van der Waals surface area contributed by atoms with Gasteiger partial charge in [0.15, 0.2) is 0 Å². The quantitative estimate of drug-likeness (QED) is 0.833. The first-order valence-corrected chi connectivity index (χ1v) is 8.92. The molecule has 24 heavy (non-hydrogen) atoms. The van der Waals surface area contributed by atoms with Crippen molar-refractivity contribution in [2.45, 2.75) is 11.9 Å². The van der Waals surface area contributed by atoms with E-state index in [0.717, 1.165) is 17.0 Å². The van der Waals surface area contributed by atoms with Gasteiger partial charge in [0.05, 0.1) is 12.6 Å². The molecule has 4 nitrogen and oxygen atoms in total. The maximum absolute atomic E-state index is 12.9. The van der Waals surface area contributed by atoms with Crippen molar-refractivity contribution >= 4 is 23.5 Å². The minimum absolute atomic E-state index is 0.113. The van der Waals surface area contributed by atoms with Crippen molar-refractivity contribution in [1.82, 2.24) is 4.90 Å². The summed E-state index contributed by atoms with van der Waals surface area (Å²) in [6, 6.07) is 13.0. The highest BCUT2D eigenvalue weighted by Gasteiger charge is 2.15. The van der Waals surface area contributed by atoms with Gasteiger partial charge in [-0.25, -0.2) is 9.18 Å². The third kappa shape index (κ3) is 5.25. The van der Waals surface area contributed by atoms with Crippen molar-refractivity contribution in [1.29, 1.82) is 0 Å². The van der Waals surface area contributed by atoms with E-state index in [1.165, 1.54) is 29.2 Å². The normalized spacial score (nSPS) is 11.8. The van der Waals surface area contributed by atoms with E-state index in [9.17, 15) is 14.3 Å². The molecule has 6 heteroatoms. The molecule has 0 saturated heterocycles. The summed E-state index contributed by atoms with van der Waals surface area (Å²) in [5.74, 6) is 0.519. The number of carbonyl (C=O) groups excluding carboxylic acids is 1. The Bertz CT molecular complexity index is 679. The fourth-order valence-corrected chi connectivity index (χ4v) is 2.77. The van der Waals surface area contributed by atoms with Crippen LogP contribution in [-0.2, 0) is 5.75 Å². The number of rotatable bonds is 6. The maximum Gasteiger partial charge on any atom is 0.321 e. The van der Waals surface area contributed by atoms with Crippen LogP contribution in [0.3, 0.4) is 0 Å². The lowest BCUT2D eigenvalue weighted by Crippen LogP contribution is -2.34. The zero-order chi connectivity index (χ0) is 17.5. The van der Waals surface area contributed by atoms with Crippen LogP contribution in [0.15, 0.2) is 48.5 Å². The molecule has 2 amide bonds. The first kappa shape index (κ1) is 18.3. The Balaban J connectivity index is 1.94. The van der Waals surface area contributed by atoms with E-state index in [2.05, 4.69) is 5.32 Å². The van der Waals surface area contributed by atoms with Crippen molar-refractivity contribution in [3.8, 4) is 0 Å². The number of halogens is 1. The first-order valence-electron chi connectivity index (χ1n) is 7.53. The number of likely N-dealkylation sites (N-methyl/N-ethyl adjacent to an activating group) is 1. The average Bonchev–Trinajstić information content (AvgIpc) is 2.56. The van der Waals surface area contributed by atoms with Gasteiger partial charge in [-0.2, -0.15) is 11.8 Å². The van der Waals surface area contributed by atoms with Crippen molar-refractivity contribution in [2.24, 2.45) is 0 Å². The predicted octanol–water partition coefficient (Wildman–Crippen LogP) is 3.89. The molecule has 0 aliphatic rings. The van der Waals surface area contributed by atoms with Crippen LogP contribution in [0.25, 0.3) is 0 Å². The number of amides is 2. The number of urea groups is 1. The number of hydrogen-bond acceptors (Lipinski definition) is 3. The number of hydrogen-bond donors (Lipinski definition) is 2. The molecule has 0 fully saturated rings. The summed E-state index contributed by atoms with van der Waals surface area (Å²) in [4.78, 5) is 13.6. The highest BCUT2D eigenvalue weighted by atomic mass is 32.2. The number of aliphatic hydroxyl groups is 1. The smallest absolute Gasteiger partial charge is 0.321 e. The van der Waals surface area contributed by atoms with Crippen molar-refractivity contribution < 1.29 is 14.3 Å². The Labute approximate surface area is 145 Å². The molecule has 0 bridgehead atoms. The number of anilines is 1. The zero-order valence-corrected chi connectivity index (χ0v) is 14.5. The Kier molecular flexibility index (Phi) is 6.63. The summed E-state index contributed by atoms with van der Waals surface area (Å²) in [7, 11) is 1.60. The lowest BCUT2D eigenvalue weighted by atomic mass is 10.1. The largest absolute Gasteiger partial charge is 0.387 e. The molecular formula is C18H21FN2O2S. The molecule has 0 radical (unpaired) electrons. The molecule has 2 rings (SSSR count). The predicted molar refractivity (Wildman–Crippen MR) is 96.7 cm³/mol. The second-order valence-electron chi connectivity index (χ2n) is 5.51. The fraction of sp³-hybridized carbons (Fsp3) is 0.278. The highest BCUT2D eigenvalue weighted by molar-refractivity contribution is 7.97. The Morgan fingerprint density at radius 2 is 2.00 bits per heavy atom. The van der Waals surface area contributed by atoms with Crippen molar-refractivity contribution in [3.63, 3.8) is 0 Å². The van der Waals surface area contributed by atoms with Crippen LogP contribution in [0.5, 0.6) is 0 Å². The highest BCUT2D eigenvalue weighted by Crippen LogP contribution is 2.17. The molecule has 2 N–H and O–H groups in total. The van der Waals surface area contributed by atoms with Crippen molar-refractivity contribution in [3.05, 3.63) is 65.5 Å². The number of aliphatic hydroxyl groups excluding tert-OH is 1. The van der Waals surface area contributed by atoms with Gasteiger partial charge in [0.25, 0.3) is 0 Å². The molecule has 128 valence electrons. The lowest BCUT2D eigenvalue weighted by molar-refractivity contribution is 0.136. The second kappa shape index (κ2) is 8.70. The summed E-state index contributed by atoms with van der Waals surface area (Å²) in [5, 5.41) is 13.0. The molecule has 0 unspecified atom stereocenters. The van der Waals surface area contributed by atoms with Crippen LogP contribution >= 0.6 is 11.8 Å². The molecular weight excluding hydrogens is 327 g/mol. The van der Waals surface area contributed by atoms with Crippen molar-refractivity contribution in [2.75, 3.05) is 25.2 Å². The molecule has 2 aromatic carbocycles. The fourth-order valence-electron chi connectivity index (χ4n) is 2.26. The second-order valence-corrected chi connectivity index (χ2v) is 6.38. The molecule has 0 aliphatic carbocycles. The van der Waals surface area contributed by atoms with E-state index in [1.54, 1.807) is 18.8 Å². The standard InChI is InChI=1S/C18H21FN2O2S/c1-21(11-17(22)14-6-8-15(19)9-7-14)18(23)20-16-5-3-4-13(10-16)12-24-2/h3-10,17,22H,11-12H2,1-2H3,(H,20,23)/t17-/m0/s1. The third-order valence-electron chi connectivity index (χ3n) is 3.54. The van der Waals surface area contributed by atoms with E-state index < -0.39 is 6.10 Å². The van der Waals surface area contributed by atoms with Crippen LogP contribution in [0.2, 0.25) is 0 Å².